The molecular weight excluding hydrogens is 197 g/mol. The van der Waals surface area contributed by atoms with Gasteiger partial charge < -0.3 is 5.32 Å². The minimum atomic E-state index is -0.411. The Labute approximate surface area is 85.6 Å². The van der Waals surface area contributed by atoms with Gasteiger partial charge in [-0.05, 0) is 24.3 Å². The highest BCUT2D eigenvalue weighted by Gasteiger charge is 2.07. The molecule has 0 bridgehead atoms. The Morgan fingerprint density at radius 3 is 2.73 bits per heavy atom. The molecule has 1 N–H and O–H groups in total. The lowest BCUT2D eigenvalue weighted by atomic mass is 10.2. The van der Waals surface area contributed by atoms with Gasteiger partial charge in [-0.2, -0.15) is 4.99 Å². The molecule has 0 radical (unpaired) electrons. The molecule has 1 aliphatic heterocycles. The van der Waals surface area contributed by atoms with E-state index >= 15 is 0 Å². The number of aliphatic imine (C=N–C) groups is 2. The maximum Gasteiger partial charge on any atom is 0.278 e. The van der Waals surface area contributed by atoms with Crippen molar-refractivity contribution in [2.24, 2.45) is 9.98 Å². The number of benzene rings is 1. The van der Waals surface area contributed by atoms with E-state index in [1.54, 1.807) is 0 Å². The first-order valence-corrected chi connectivity index (χ1v) is 4.38. The molecule has 0 unspecified atom stereocenters. The second-order valence-electron chi connectivity index (χ2n) is 2.96. The Bertz CT molecular complexity index is 436. The van der Waals surface area contributed by atoms with Crippen LogP contribution in [0.5, 0.6) is 0 Å². The van der Waals surface area contributed by atoms with Crippen molar-refractivity contribution in [2.75, 3.05) is 6.67 Å². The molecular formula is C10H8FN3O. The van der Waals surface area contributed by atoms with Crippen LogP contribution in [-0.2, 0) is 0 Å². The van der Waals surface area contributed by atoms with Crippen LogP contribution in [0.25, 0.3) is 0 Å². The van der Waals surface area contributed by atoms with E-state index in [-0.39, 0.29) is 5.82 Å². The summed E-state index contributed by atoms with van der Waals surface area (Å²) in [4.78, 5) is 19.1. The zero-order valence-electron chi connectivity index (χ0n) is 7.77. The van der Waals surface area contributed by atoms with Crippen LogP contribution in [0, 0.1) is 5.82 Å². The number of carbonyl (C=O) groups excluding carboxylic acids is 1. The van der Waals surface area contributed by atoms with Crippen molar-refractivity contribution in [3.05, 3.63) is 35.6 Å². The van der Waals surface area contributed by atoms with Gasteiger partial charge in [0.1, 0.15) is 18.3 Å². The van der Waals surface area contributed by atoms with Crippen molar-refractivity contribution in [3.8, 4) is 0 Å². The van der Waals surface area contributed by atoms with Crippen LogP contribution in [0.1, 0.15) is 10.4 Å². The number of amides is 1. The van der Waals surface area contributed by atoms with Gasteiger partial charge in [-0.1, -0.05) is 0 Å². The summed E-state index contributed by atoms with van der Waals surface area (Å²) in [6.07, 6.45) is 1.49. The van der Waals surface area contributed by atoms with Crippen LogP contribution in [0.15, 0.2) is 34.3 Å². The number of amidine groups is 1. The maximum absolute atomic E-state index is 12.6. The molecule has 0 spiro atoms. The molecule has 0 aromatic heterocycles. The molecule has 1 heterocycles. The fraction of sp³-hybridized carbons (Fsp3) is 0.100. The molecule has 76 valence electrons. The normalized spacial score (nSPS) is 16.7. The lowest BCUT2D eigenvalue weighted by molar-refractivity contribution is 0.100. The lowest BCUT2D eigenvalue weighted by Gasteiger charge is -1.96. The Morgan fingerprint density at radius 2 is 2.13 bits per heavy atom. The molecule has 0 atom stereocenters. The zero-order valence-corrected chi connectivity index (χ0v) is 7.77. The zero-order chi connectivity index (χ0) is 10.7. The number of nitrogens with zero attached hydrogens (tertiary/aromatic N) is 2. The number of hydrogen-bond acceptors (Lipinski definition) is 2. The van der Waals surface area contributed by atoms with Gasteiger partial charge in [0.15, 0.2) is 0 Å². The third-order valence-electron chi connectivity index (χ3n) is 1.88. The van der Waals surface area contributed by atoms with Gasteiger partial charge in [-0.15, -0.1) is 0 Å². The van der Waals surface area contributed by atoms with E-state index in [1.165, 1.54) is 30.5 Å². The second-order valence-corrected chi connectivity index (χ2v) is 2.96. The molecule has 5 heteroatoms. The summed E-state index contributed by atoms with van der Waals surface area (Å²) in [7, 11) is 0. The number of rotatable bonds is 1. The summed E-state index contributed by atoms with van der Waals surface area (Å²) < 4.78 is 12.6. The lowest BCUT2D eigenvalue weighted by Crippen LogP contribution is -2.19. The first-order chi connectivity index (χ1) is 7.25. The van der Waals surface area contributed by atoms with Crippen molar-refractivity contribution in [3.63, 3.8) is 0 Å². The van der Waals surface area contributed by atoms with Crippen molar-refractivity contribution < 1.29 is 9.18 Å². The molecule has 4 nitrogen and oxygen atoms in total. The maximum atomic E-state index is 12.6. The van der Waals surface area contributed by atoms with Gasteiger partial charge in [-0.25, -0.2) is 4.39 Å². The van der Waals surface area contributed by atoms with Gasteiger partial charge in [0.05, 0.1) is 6.21 Å². The topological polar surface area (TPSA) is 53.8 Å². The van der Waals surface area contributed by atoms with Crippen LogP contribution in [0.4, 0.5) is 4.39 Å². The van der Waals surface area contributed by atoms with E-state index in [4.69, 9.17) is 0 Å². The van der Waals surface area contributed by atoms with Gasteiger partial charge in [0, 0.05) is 5.56 Å². The first kappa shape index (κ1) is 9.51. The van der Waals surface area contributed by atoms with Crippen molar-refractivity contribution >= 4 is 18.0 Å². The molecule has 0 saturated carbocycles. The summed E-state index contributed by atoms with van der Waals surface area (Å²) in [6, 6.07) is 5.24. The van der Waals surface area contributed by atoms with Crippen LogP contribution in [0.3, 0.4) is 0 Å². The summed E-state index contributed by atoms with van der Waals surface area (Å²) in [5.41, 5.74) is 0.353. The molecule has 1 aromatic rings. The van der Waals surface area contributed by atoms with Crippen LogP contribution < -0.4 is 5.32 Å². The highest BCUT2D eigenvalue weighted by Crippen LogP contribution is 2.04. The van der Waals surface area contributed by atoms with E-state index in [9.17, 15) is 9.18 Å². The SMILES string of the molecule is O=C(N=C1C=NCN1)c1ccc(F)cc1. The first-order valence-electron chi connectivity index (χ1n) is 4.38. The van der Waals surface area contributed by atoms with Gasteiger partial charge >= 0.3 is 0 Å². The van der Waals surface area contributed by atoms with E-state index in [1.807, 2.05) is 0 Å². The van der Waals surface area contributed by atoms with E-state index < -0.39 is 5.91 Å². The smallest absolute Gasteiger partial charge is 0.278 e. The molecule has 15 heavy (non-hydrogen) atoms. The molecule has 1 amide bonds. The minimum absolute atomic E-state index is 0.353. The fourth-order valence-electron chi connectivity index (χ4n) is 1.14. The van der Waals surface area contributed by atoms with Crippen molar-refractivity contribution in [2.45, 2.75) is 0 Å². The molecule has 1 aliphatic rings. The van der Waals surface area contributed by atoms with E-state index in [0.717, 1.165) is 0 Å². The summed E-state index contributed by atoms with van der Waals surface area (Å²) in [5.74, 6) is -0.352. The Morgan fingerprint density at radius 1 is 1.40 bits per heavy atom. The average Bonchev–Trinajstić information content (AvgIpc) is 2.71. The third kappa shape index (κ3) is 2.25. The summed E-state index contributed by atoms with van der Waals surface area (Å²) >= 11 is 0. The molecule has 0 saturated heterocycles. The Balaban J connectivity index is 2.17. The van der Waals surface area contributed by atoms with Gasteiger partial charge in [0.25, 0.3) is 5.91 Å². The van der Waals surface area contributed by atoms with Gasteiger partial charge in [0.2, 0.25) is 0 Å². The summed E-state index contributed by atoms with van der Waals surface area (Å²) in [6.45, 7) is 0.440. The average molecular weight is 205 g/mol. The quantitative estimate of drug-likeness (QED) is 0.743. The third-order valence-corrected chi connectivity index (χ3v) is 1.88. The standard InChI is InChI=1S/C10H8FN3O/c11-8-3-1-7(2-4-8)10(15)14-9-5-12-6-13-9/h1-5H,6H2,(H,13,14,15). The predicted octanol–water partition coefficient (Wildman–Crippen LogP) is 0.996. The van der Waals surface area contributed by atoms with E-state index in [0.29, 0.717) is 18.1 Å². The molecule has 2 rings (SSSR count). The monoisotopic (exact) mass is 205 g/mol. The molecule has 1 aromatic carbocycles. The van der Waals surface area contributed by atoms with Crippen molar-refractivity contribution in [1.29, 1.82) is 0 Å². The van der Waals surface area contributed by atoms with Crippen LogP contribution in [0.2, 0.25) is 0 Å². The number of halogens is 1. The minimum Gasteiger partial charge on any atom is -0.350 e. The van der Waals surface area contributed by atoms with Crippen LogP contribution in [-0.4, -0.2) is 24.6 Å². The molecule has 0 fully saturated rings. The van der Waals surface area contributed by atoms with E-state index in [2.05, 4.69) is 15.3 Å². The highest BCUT2D eigenvalue weighted by molar-refractivity contribution is 6.33. The number of nitrogens with one attached hydrogen (secondary N) is 1. The fourth-order valence-corrected chi connectivity index (χ4v) is 1.14. The number of hydrogen-bond donors (Lipinski definition) is 1. The predicted molar refractivity (Wildman–Crippen MR) is 54.7 cm³/mol. The number of carbonyl (C=O) groups is 1. The second kappa shape index (κ2) is 4.00. The van der Waals surface area contributed by atoms with Crippen molar-refractivity contribution in [1.82, 2.24) is 5.32 Å². The highest BCUT2D eigenvalue weighted by atomic mass is 19.1. The Hall–Kier alpha value is -2.04. The largest absolute Gasteiger partial charge is 0.350 e. The summed E-state index contributed by atoms with van der Waals surface area (Å²) in [5, 5.41) is 2.80. The van der Waals surface area contributed by atoms with Crippen LogP contribution >= 0.6 is 0 Å². The van der Waals surface area contributed by atoms with Gasteiger partial charge in [-0.3, -0.25) is 9.79 Å². The molecule has 0 aliphatic carbocycles. The Kier molecular flexibility index (Phi) is 2.53.